The molecule has 1 N–H and O–H groups in total. The molecule has 0 radical (unpaired) electrons. The van der Waals surface area contributed by atoms with Crippen molar-refractivity contribution in [1.82, 2.24) is 5.32 Å². The number of hydrogen-bond acceptors (Lipinski definition) is 4. The van der Waals surface area contributed by atoms with Crippen LogP contribution in [0.25, 0.3) is 0 Å². The normalized spacial score (nSPS) is 12.8. The highest BCUT2D eigenvalue weighted by Crippen LogP contribution is 2.36. The van der Waals surface area contributed by atoms with E-state index >= 15 is 0 Å². The van der Waals surface area contributed by atoms with Gasteiger partial charge < -0.3 is 19.5 Å². The summed E-state index contributed by atoms with van der Waals surface area (Å²) in [5.74, 6) is 2.22. The average molecular weight is 341 g/mol. The summed E-state index contributed by atoms with van der Waals surface area (Å²) in [6.45, 7) is 4.59. The lowest BCUT2D eigenvalue weighted by Gasteiger charge is -2.24. The number of benzene rings is 2. The quantitative estimate of drug-likeness (QED) is 0.877. The first-order chi connectivity index (χ1) is 12.0. The third kappa shape index (κ3) is 3.55. The van der Waals surface area contributed by atoms with Gasteiger partial charge in [-0.05, 0) is 49.6 Å². The van der Waals surface area contributed by atoms with Gasteiger partial charge in [-0.2, -0.15) is 0 Å². The van der Waals surface area contributed by atoms with Crippen molar-refractivity contribution in [2.75, 3.05) is 20.4 Å². The molecule has 1 heterocycles. The smallest absolute Gasteiger partial charge is 0.231 e. The number of methoxy groups -OCH3 is 1. The molecule has 0 saturated carbocycles. The van der Waals surface area contributed by atoms with Crippen LogP contribution in [-0.2, 0) is 16.6 Å². The highest BCUT2D eigenvalue weighted by atomic mass is 16.7. The SMILES string of the molecule is COc1ccccc1CCNC(=O)C(C)(C)c1ccc2c(c1)OCO2. The molecule has 1 aliphatic heterocycles. The lowest BCUT2D eigenvalue weighted by atomic mass is 9.83. The number of hydrogen-bond donors (Lipinski definition) is 1. The van der Waals surface area contributed by atoms with E-state index in [0.717, 1.165) is 22.6 Å². The summed E-state index contributed by atoms with van der Waals surface area (Å²) in [6, 6.07) is 13.5. The lowest BCUT2D eigenvalue weighted by Crippen LogP contribution is -2.40. The van der Waals surface area contributed by atoms with E-state index in [-0.39, 0.29) is 12.7 Å². The number of carbonyl (C=O) groups excluding carboxylic acids is 1. The van der Waals surface area contributed by atoms with Crippen LogP contribution in [0.1, 0.15) is 25.0 Å². The van der Waals surface area contributed by atoms with Gasteiger partial charge in [0.2, 0.25) is 12.7 Å². The van der Waals surface area contributed by atoms with Gasteiger partial charge in [0, 0.05) is 6.54 Å². The Hall–Kier alpha value is -2.69. The fourth-order valence-electron chi connectivity index (χ4n) is 2.86. The Bertz CT molecular complexity index is 770. The minimum absolute atomic E-state index is 0.0266. The van der Waals surface area contributed by atoms with Crippen molar-refractivity contribution >= 4 is 5.91 Å². The molecule has 0 unspecified atom stereocenters. The van der Waals surface area contributed by atoms with E-state index in [4.69, 9.17) is 14.2 Å². The predicted molar refractivity (Wildman–Crippen MR) is 95.3 cm³/mol. The van der Waals surface area contributed by atoms with Crippen molar-refractivity contribution in [1.29, 1.82) is 0 Å². The van der Waals surface area contributed by atoms with Crippen LogP contribution in [0, 0.1) is 0 Å². The van der Waals surface area contributed by atoms with Gasteiger partial charge in [0.1, 0.15) is 5.75 Å². The number of amides is 1. The molecule has 5 nitrogen and oxygen atoms in total. The van der Waals surface area contributed by atoms with Crippen LogP contribution in [0.3, 0.4) is 0 Å². The molecule has 2 aromatic carbocycles. The standard InChI is InChI=1S/C20H23NO4/c1-20(2,15-8-9-17-18(12-15)25-13-24-17)19(22)21-11-10-14-6-4-5-7-16(14)23-3/h4-9,12H,10-11,13H2,1-3H3,(H,21,22). The van der Waals surface area contributed by atoms with Gasteiger partial charge in [0.05, 0.1) is 12.5 Å². The molecule has 0 atom stereocenters. The van der Waals surface area contributed by atoms with Gasteiger partial charge in [-0.3, -0.25) is 4.79 Å². The second-order valence-electron chi connectivity index (χ2n) is 6.51. The Balaban J connectivity index is 1.64. The van der Waals surface area contributed by atoms with Crippen LogP contribution in [-0.4, -0.2) is 26.4 Å². The molecule has 1 amide bonds. The molecule has 0 aliphatic carbocycles. The van der Waals surface area contributed by atoms with Crippen LogP contribution >= 0.6 is 0 Å². The second kappa shape index (κ2) is 7.05. The summed E-state index contributed by atoms with van der Waals surface area (Å²) >= 11 is 0. The zero-order chi connectivity index (χ0) is 17.9. The van der Waals surface area contributed by atoms with E-state index in [1.807, 2.05) is 56.3 Å². The summed E-state index contributed by atoms with van der Waals surface area (Å²) in [5.41, 5.74) is 1.31. The summed E-state index contributed by atoms with van der Waals surface area (Å²) in [5, 5.41) is 3.02. The Morgan fingerprint density at radius 1 is 1.16 bits per heavy atom. The van der Waals surface area contributed by atoms with E-state index in [1.165, 1.54) is 0 Å². The number of para-hydroxylation sites is 1. The Morgan fingerprint density at radius 3 is 2.72 bits per heavy atom. The van der Waals surface area contributed by atoms with Crippen molar-refractivity contribution in [3.63, 3.8) is 0 Å². The van der Waals surface area contributed by atoms with Crippen LogP contribution in [0.5, 0.6) is 17.2 Å². The van der Waals surface area contributed by atoms with Crippen LogP contribution < -0.4 is 19.5 Å². The number of ether oxygens (including phenoxy) is 3. The van der Waals surface area contributed by atoms with E-state index in [2.05, 4.69) is 5.32 Å². The lowest BCUT2D eigenvalue weighted by molar-refractivity contribution is -0.125. The highest BCUT2D eigenvalue weighted by Gasteiger charge is 2.31. The summed E-state index contributed by atoms with van der Waals surface area (Å²) < 4.78 is 16.1. The van der Waals surface area contributed by atoms with E-state index in [9.17, 15) is 4.79 Å². The average Bonchev–Trinajstić information content (AvgIpc) is 3.09. The van der Waals surface area contributed by atoms with E-state index in [1.54, 1.807) is 7.11 Å². The molecular formula is C20H23NO4. The fourth-order valence-corrected chi connectivity index (χ4v) is 2.86. The van der Waals surface area contributed by atoms with Crippen molar-refractivity contribution in [2.24, 2.45) is 0 Å². The maximum Gasteiger partial charge on any atom is 0.231 e. The third-order valence-electron chi connectivity index (χ3n) is 4.53. The van der Waals surface area contributed by atoms with E-state index < -0.39 is 5.41 Å². The summed E-state index contributed by atoms with van der Waals surface area (Å²) in [7, 11) is 1.65. The molecule has 0 aromatic heterocycles. The maximum absolute atomic E-state index is 12.7. The van der Waals surface area contributed by atoms with Crippen molar-refractivity contribution in [3.8, 4) is 17.2 Å². The molecule has 132 valence electrons. The summed E-state index contributed by atoms with van der Waals surface area (Å²) in [4.78, 5) is 12.7. The van der Waals surface area contributed by atoms with Gasteiger partial charge in [-0.25, -0.2) is 0 Å². The first kappa shape index (κ1) is 17.1. The zero-order valence-corrected chi connectivity index (χ0v) is 14.8. The molecule has 0 saturated heterocycles. The molecule has 5 heteroatoms. The molecule has 0 bridgehead atoms. The molecule has 3 rings (SSSR count). The molecular weight excluding hydrogens is 318 g/mol. The van der Waals surface area contributed by atoms with Gasteiger partial charge in [0.15, 0.2) is 11.5 Å². The van der Waals surface area contributed by atoms with Crippen molar-refractivity contribution in [2.45, 2.75) is 25.7 Å². The van der Waals surface area contributed by atoms with Crippen LogP contribution in [0.15, 0.2) is 42.5 Å². The fraction of sp³-hybridized carbons (Fsp3) is 0.350. The second-order valence-corrected chi connectivity index (χ2v) is 6.51. The predicted octanol–water partition coefficient (Wildman–Crippen LogP) is 3.06. The van der Waals surface area contributed by atoms with Crippen molar-refractivity contribution in [3.05, 3.63) is 53.6 Å². The minimum atomic E-state index is -0.665. The zero-order valence-electron chi connectivity index (χ0n) is 14.8. The Morgan fingerprint density at radius 2 is 1.92 bits per heavy atom. The first-order valence-electron chi connectivity index (χ1n) is 8.32. The van der Waals surface area contributed by atoms with Gasteiger partial charge in [-0.1, -0.05) is 24.3 Å². The van der Waals surface area contributed by atoms with Crippen LogP contribution in [0.2, 0.25) is 0 Å². The molecule has 1 aliphatic rings. The molecule has 2 aromatic rings. The number of nitrogens with one attached hydrogen (secondary N) is 1. The van der Waals surface area contributed by atoms with E-state index in [0.29, 0.717) is 18.7 Å². The number of carbonyl (C=O) groups is 1. The van der Waals surface area contributed by atoms with Gasteiger partial charge in [-0.15, -0.1) is 0 Å². The third-order valence-corrected chi connectivity index (χ3v) is 4.53. The minimum Gasteiger partial charge on any atom is -0.496 e. The Kier molecular flexibility index (Phi) is 4.83. The number of fused-ring (bicyclic) bond motifs is 1. The summed E-state index contributed by atoms with van der Waals surface area (Å²) in [6.07, 6.45) is 0.715. The van der Waals surface area contributed by atoms with Gasteiger partial charge >= 0.3 is 0 Å². The number of rotatable bonds is 6. The highest BCUT2D eigenvalue weighted by molar-refractivity contribution is 5.87. The van der Waals surface area contributed by atoms with Crippen LogP contribution in [0.4, 0.5) is 0 Å². The molecule has 0 spiro atoms. The van der Waals surface area contributed by atoms with Gasteiger partial charge in [0.25, 0.3) is 0 Å². The van der Waals surface area contributed by atoms with Crippen molar-refractivity contribution < 1.29 is 19.0 Å². The monoisotopic (exact) mass is 341 g/mol. The molecule has 0 fully saturated rings. The largest absolute Gasteiger partial charge is 0.496 e. The molecule has 25 heavy (non-hydrogen) atoms. The maximum atomic E-state index is 12.7. The Labute approximate surface area is 147 Å². The first-order valence-corrected chi connectivity index (χ1v) is 8.32. The topological polar surface area (TPSA) is 56.8 Å².